The normalized spacial score (nSPS) is 19.5. The minimum atomic E-state index is -1.02. The van der Waals surface area contributed by atoms with Gasteiger partial charge in [-0.3, -0.25) is 14.5 Å². The van der Waals surface area contributed by atoms with Gasteiger partial charge in [0.15, 0.2) is 0 Å². The number of anilines is 1. The highest BCUT2D eigenvalue weighted by Crippen LogP contribution is 2.45. The molecule has 0 aliphatic carbocycles. The van der Waals surface area contributed by atoms with Gasteiger partial charge in [0, 0.05) is 12.0 Å². The first-order valence-electron chi connectivity index (χ1n) is 9.86. The Morgan fingerprint density at radius 3 is 2.74 bits per heavy atom. The number of phenols is 1. The van der Waals surface area contributed by atoms with Crippen LogP contribution in [0.3, 0.4) is 0 Å². The summed E-state index contributed by atoms with van der Waals surface area (Å²) in [6.45, 7) is 2.37. The zero-order valence-corrected chi connectivity index (χ0v) is 16.7. The number of benzene rings is 2. The van der Waals surface area contributed by atoms with Gasteiger partial charge in [0.2, 0.25) is 0 Å². The third kappa shape index (κ3) is 2.97. The molecule has 1 fully saturated rings. The van der Waals surface area contributed by atoms with Gasteiger partial charge in [0.25, 0.3) is 11.7 Å². The predicted molar refractivity (Wildman–Crippen MR) is 112 cm³/mol. The fraction of sp³-hybridized carbons (Fsp3) is 0.167. The van der Waals surface area contributed by atoms with Crippen LogP contribution in [0, 0.1) is 6.92 Å². The number of aliphatic hydroxyl groups is 1. The molecule has 1 unspecified atom stereocenters. The predicted octanol–water partition coefficient (Wildman–Crippen LogP) is 3.85. The van der Waals surface area contributed by atoms with Gasteiger partial charge in [-0.05, 0) is 60.5 Å². The molecule has 5 rings (SSSR count). The van der Waals surface area contributed by atoms with E-state index in [1.54, 1.807) is 42.5 Å². The maximum Gasteiger partial charge on any atom is 0.300 e. The molecule has 2 aliphatic heterocycles. The number of ether oxygens (including phenoxy) is 1. The molecule has 156 valence electrons. The molecule has 3 heterocycles. The Balaban J connectivity index is 1.71. The van der Waals surface area contributed by atoms with Crippen molar-refractivity contribution in [2.24, 2.45) is 0 Å². The van der Waals surface area contributed by atoms with Gasteiger partial charge in [0.1, 0.15) is 29.1 Å². The highest BCUT2D eigenvalue weighted by atomic mass is 16.5. The number of aliphatic hydroxyl groups excluding tert-OH is 1. The van der Waals surface area contributed by atoms with Crippen molar-refractivity contribution in [3.8, 4) is 11.5 Å². The van der Waals surface area contributed by atoms with Crippen LogP contribution < -0.4 is 9.64 Å². The van der Waals surface area contributed by atoms with Crippen molar-refractivity contribution in [3.63, 3.8) is 0 Å². The highest BCUT2D eigenvalue weighted by Gasteiger charge is 2.49. The number of amides is 1. The van der Waals surface area contributed by atoms with Crippen molar-refractivity contribution in [1.29, 1.82) is 0 Å². The lowest BCUT2D eigenvalue weighted by Gasteiger charge is -2.24. The lowest BCUT2D eigenvalue weighted by Crippen LogP contribution is -2.29. The molecule has 7 heteroatoms. The van der Waals surface area contributed by atoms with E-state index in [0.29, 0.717) is 24.4 Å². The molecule has 3 aromatic rings. The van der Waals surface area contributed by atoms with Crippen LogP contribution in [0.25, 0.3) is 5.76 Å². The van der Waals surface area contributed by atoms with Gasteiger partial charge in [0.05, 0.1) is 24.1 Å². The second-order valence-corrected chi connectivity index (χ2v) is 7.60. The number of phenolic OH excluding ortho intramolecular Hbond substituents is 1. The number of Topliss-reactive ketones (excluding diaryl/α,β-unsaturated/α-hetero) is 1. The largest absolute Gasteiger partial charge is 0.507 e. The number of fused-ring (bicyclic) bond motifs is 1. The summed E-state index contributed by atoms with van der Waals surface area (Å²) in [5.41, 5.74) is 2.20. The monoisotopic (exact) mass is 417 g/mol. The zero-order chi connectivity index (χ0) is 21.7. The van der Waals surface area contributed by atoms with Crippen LogP contribution in [0.1, 0.15) is 28.5 Å². The Morgan fingerprint density at radius 2 is 1.97 bits per heavy atom. The van der Waals surface area contributed by atoms with Crippen LogP contribution in [0.2, 0.25) is 0 Å². The number of aryl methyl sites for hydroxylation is 1. The van der Waals surface area contributed by atoms with Crippen molar-refractivity contribution >= 4 is 23.1 Å². The maximum atomic E-state index is 13.1. The molecule has 1 aromatic heterocycles. The molecule has 2 N–H and O–H groups in total. The van der Waals surface area contributed by atoms with E-state index in [4.69, 9.17) is 9.15 Å². The van der Waals surface area contributed by atoms with Gasteiger partial charge < -0.3 is 19.4 Å². The van der Waals surface area contributed by atoms with E-state index in [1.165, 1.54) is 17.2 Å². The lowest BCUT2D eigenvalue weighted by atomic mass is 9.97. The average molecular weight is 417 g/mol. The lowest BCUT2D eigenvalue weighted by molar-refractivity contribution is -0.132. The topological polar surface area (TPSA) is 100 Å². The molecule has 1 saturated heterocycles. The first kappa shape index (κ1) is 19.0. The molecular weight excluding hydrogens is 398 g/mol. The summed E-state index contributed by atoms with van der Waals surface area (Å²) in [6.07, 6.45) is 2.13. The van der Waals surface area contributed by atoms with Crippen molar-refractivity contribution in [2.45, 2.75) is 19.4 Å². The van der Waals surface area contributed by atoms with Crippen LogP contribution in [0.15, 0.2) is 64.8 Å². The van der Waals surface area contributed by atoms with E-state index in [0.717, 1.165) is 16.9 Å². The smallest absolute Gasteiger partial charge is 0.300 e. The van der Waals surface area contributed by atoms with Crippen molar-refractivity contribution in [3.05, 3.63) is 82.8 Å². The fourth-order valence-electron chi connectivity index (χ4n) is 4.11. The van der Waals surface area contributed by atoms with Gasteiger partial charge >= 0.3 is 0 Å². The number of hydrogen-bond acceptors (Lipinski definition) is 6. The Hall–Kier alpha value is -4.00. The molecular formula is C24H19NO6. The minimum Gasteiger partial charge on any atom is -0.507 e. The summed E-state index contributed by atoms with van der Waals surface area (Å²) in [5, 5.41) is 21.6. The summed E-state index contributed by atoms with van der Waals surface area (Å²) < 4.78 is 11.0. The SMILES string of the molecule is Cc1ccc(O)c(N2C(=O)C(=O)/C(=C(\O)c3ccc4c(c3)CCO4)C2c2ccco2)c1. The van der Waals surface area contributed by atoms with E-state index >= 15 is 0 Å². The van der Waals surface area contributed by atoms with E-state index in [-0.39, 0.29) is 22.8 Å². The number of furan rings is 1. The number of carbonyl (C=O) groups is 2. The summed E-state index contributed by atoms with van der Waals surface area (Å²) >= 11 is 0. The van der Waals surface area contributed by atoms with Gasteiger partial charge in [-0.2, -0.15) is 0 Å². The first-order valence-corrected chi connectivity index (χ1v) is 9.86. The van der Waals surface area contributed by atoms with Crippen molar-refractivity contribution < 1.29 is 29.0 Å². The second-order valence-electron chi connectivity index (χ2n) is 7.60. The minimum absolute atomic E-state index is 0.0975. The van der Waals surface area contributed by atoms with Crippen LogP contribution in [-0.4, -0.2) is 28.5 Å². The van der Waals surface area contributed by atoms with E-state index in [2.05, 4.69) is 0 Å². The second kappa shape index (κ2) is 7.05. The van der Waals surface area contributed by atoms with Gasteiger partial charge in [-0.25, -0.2) is 0 Å². The molecule has 0 spiro atoms. The zero-order valence-electron chi connectivity index (χ0n) is 16.7. The standard InChI is InChI=1S/C24H19NO6/c1-13-4-6-17(26)16(11-13)25-21(19-3-2-9-30-19)20(23(28)24(25)29)22(27)15-5-7-18-14(12-15)8-10-31-18/h2-7,9,11-12,21,26-27H,8,10H2,1H3/b22-20-. The Labute approximate surface area is 177 Å². The van der Waals surface area contributed by atoms with Crippen LogP contribution >= 0.6 is 0 Å². The Kier molecular flexibility index (Phi) is 4.32. The molecule has 1 amide bonds. The molecule has 1 atom stereocenters. The third-order valence-corrected chi connectivity index (χ3v) is 5.61. The molecule has 31 heavy (non-hydrogen) atoms. The number of aromatic hydroxyl groups is 1. The average Bonchev–Trinajstić information content (AvgIpc) is 3.50. The molecule has 0 bridgehead atoms. The van der Waals surface area contributed by atoms with Crippen molar-refractivity contribution in [2.75, 3.05) is 11.5 Å². The number of nitrogens with zero attached hydrogens (tertiary/aromatic N) is 1. The van der Waals surface area contributed by atoms with Gasteiger partial charge in [-0.1, -0.05) is 6.07 Å². The fourth-order valence-corrected chi connectivity index (χ4v) is 4.11. The third-order valence-electron chi connectivity index (χ3n) is 5.61. The summed E-state index contributed by atoms with van der Waals surface area (Å²) in [4.78, 5) is 27.3. The van der Waals surface area contributed by atoms with Crippen LogP contribution in [-0.2, 0) is 16.0 Å². The van der Waals surface area contributed by atoms with Crippen molar-refractivity contribution in [1.82, 2.24) is 0 Å². The molecule has 7 nitrogen and oxygen atoms in total. The molecule has 2 aliphatic rings. The van der Waals surface area contributed by atoms with Crippen LogP contribution in [0.5, 0.6) is 11.5 Å². The molecule has 0 radical (unpaired) electrons. The number of hydrogen-bond donors (Lipinski definition) is 2. The quantitative estimate of drug-likeness (QED) is 0.381. The number of rotatable bonds is 3. The molecule has 2 aromatic carbocycles. The van der Waals surface area contributed by atoms with Crippen LogP contribution in [0.4, 0.5) is 5.69 Å². The van der Waals surface area contributed by atoms with E-state index in [1.807, 2.05) is 6.92 Å². The highest BCUT2D eigenvalue weighted by molar-refractivity contribution is 6.51. The van der Waals surface area contributed by atoms with E-state index < -0.39 is 17.7 Å². The van der Waals surface area contributed by atoms with Gasteiger partial charge in [-0.15, -0.1) is 0 Å². The summed E-state index contributed by atoms with van der Waals surface area (Å²) in [6, 6.07) is 12.2. The van der Waals surface area contributed by atoms with E-state index in [9.17, 15) is 19.8 Å². The Bertz CT molecular complexity index is 1240. The number of ketones is 1. The Morgan fingerprint density at radius 1 is 1.13 bits per heavy atom. The maximum absolute atomic E-state index is 13.1. The summed E-state index contributed by atoms with van der Waals surface area (Å²) in [5.74, 6) is -1.12. The summed E-state index contributed by atoms with van der Waals surface area (Å²) in [7, 11) is 0. The first-order chi connectivity index (χ1) is 15.0. The molecule has 0 saturated carbocycles. The number of carbonyl (C=O) groups excluding carboxylic acids is 2.